The highest BCUT2D eigenvalue weighted by molar-refractivity contribution is 5.81. The molecule has 1 aromatic carbocycles. The number of methoxy groups -OCH3 is 1. The summed E-state index contributed by atoms with van der Waals surface area (Å²) in [5, 5.41) is 1.29. The minimum absolute atomic E-state index is 0.787. The monoisotopic (exact) mass is 189 g/mol. The van der Waals surface area contributed by atoms with Gasteiger partial charge in [0, 0.05) is 18.3 Å². The molecule has 0 aliphatic rings. The Kier molecular flexibility index (Phi) is 2.55. The molecule has 1 N–H and O–H groups in total. The molecule has 0 saturated carbocycles. The van der Waals surface area contributed by atoms with Crippen molar-refractivity contribution in [2.45, 2.75) is 13.3 Å². The predicted molar refractivity (Wildman–Crippen MR) is 58.6 cm³/mol. The first-order valence-corrected chi connectivity index (χ1v) is 4.87. The van der Waals surface area contributed by atoms with Crippen molar-refractivity contribution in [2.24, 2.45) is 0 Å². The number of hydrogen-bond acceptors (Lipinski definition) is 1. The summed E-state index contributed by atoms with van der Waals surface area (Å²) >= 11 is 0. The summed E-state index contributed by atoms with van der Waals surface area (Å²) in [7, 11) is 1.74. The number of fused-ring (bicyclic) bond motifs is 1. The average Bonchev–Trinajstić information content (AvgIpc) is 2.54. The minimum atomic E-state index is 0.787. The molecule has 74 valence electrons. The second-order valence-electron chi connectivity index (χ2n) is 3.62. The van der Waals surface area contributed by atoms with Gasteiger partial charge in [-0.15, -0.1) is 0 Å². The molecule has 0 bridgehead atoms. The Bertz CT molecular complexity index is 431. The smallest absolute Gasteiger partial charge is 0.0502 e. The maximum Gasteiger partial charge on any atom is 0.0502 e. The van der Waals surface area contributed by atoms with Gasteiger partial charge in [-0.3, -0.25) is 0 Å². The number of benzene rings is 1. The van der Waals surface area contributed by atoms with Crippen LogP contribution < -0.4 is 0 Å². The molecule has 0 aliphatic carbocycles. The van der Waals surface area contributed by atoms with Gasteiger partial charge in [-0.1, -0.05) is 6.07 Å². The van der Waals surface area contributed by atoms with E-state index in [1.54, 1.807) is 7.11 Å². The molecule has 0 amide bonds. The van der Waals surface area contributed by atoms with Gasteiger partial charge in [0.15, 0.2) is 0 Å². The SMILES string of the molecule is COCCc1ccc2[nH]c(C)cc2c1. The van der Waals surface area contributed by atoms with Crippen LogP contribution in [-0.4, -0.2) is 18.7 Å². The van der Waals surface area contributed by atoms with Crippen molar-refractivity contribution < 1.29 is 4.74 Å². The number of aromatic amines is 1. The zero-order chi connectivity index (χ0) is 9.97. The summed E-state index contributed by atoms with van der Waals surface area (Å²) in [5.41, 5.74) is 3.76. The molecule has 2 aromatic rings. The summed E-state index contributed by atoms with van der Waals surface area (Å²) in [6.45, 7) is 2.86. The molecule has 0 spiro atoms. The van der Waals surface area contributed by atoms with E-state index in [1.165, 1.54) is 22.2 Å². The predicted octanol–water partition coefficient (Wildman–Crippen LogP) is 2.67. The van der Waals surface area contributed by atoms with E-state index >= 15 is 0 Å². The largest absolute Gasteiger partial charge is 0.384 e. The molecule has 0 radical (unpaired) electrons. The van der Waals surface area contributed by atoms with Crippen LogP contribution in [0.25, 0.3) is 10.9 Å². The summed E-state index contributed by atoms with van der Waals surface area (Å²) in [6, 6.07) is 8.67. The maximum atomic E-state index is 5.06. The Morgan fingerprint density at radius 1 is 1.29 bits per heavy atom. The standard InChI is InChI=1S/C12H15NO/c1-9-7-11-8-10(5-6-14-2)3-4-12(11)13-9/h3-4,7-8,13H,5-6H2,1-2H3. The zero-order valence-electron chi connectivity index (χ0n) is 8.63. The lowest BCUT2D eigenvalue weighted by Gasteiger charge is -1.99. The Morgan fingerprint density at radius 3 is 2.93 bits per heavy atom. The highest BCUT2D eigenvalue weighted by Crippen LogP contribution is 2.17. The van der Waals surface area contributed by atoms with Gasteiger partial charge in [0.2, 0.25) is 0 Å². The van der Waals surface area contributed by atoms with E-state index in [2.05, 4.69) is 36.2 Å². The van der Waals surface area contributed by atoms with Gasteiger partial charge in [-0.05, 0) is 42.5 Å². The van der Waals surface area contributed by atoms with Gasteiger partial charge in [-0.25, -0.2) is 0 Å². The summed E-state index contributed by atoms with van der Waals surface area (Å²) in [4.78, 5) is 3.31. The third-order valence-corrected chi connectivity index (χ3v) is 2.41. The van der Waals surface area contributed by atoms with Gasteiger partial charge >= 0.3 is 0 Å². The lowest BCUT2D eigenvalue weighted by Crippen LogP contribution is -1.93. The third kappa shape index (κ3) is 1.80. The van der Waals surface area contributed by atoms with Gasteiger partial charge in [0.1, 0.15) is 0 Å². The normalized spacial score (nSPS) is 11.0. The van der Waals surface area contributed by atoms with Crippen molar-refractivity contribution in [3.8, 4) is 0 Å². The number of hydrogen-bond donors (Lipinski definition) is 1. The highest BCUT2D eigenvalue weighted by atomic mass is 16.5. The topological polar surface area (TPSA) is 25.0 Å². The van der Waals surface area contributed by atoms with Crippen LogP contribution in [0, 0.1) is 6.92 Å². The number of rotatable bonds is 3. The fourth-order valence-electron chi connectivity index (χ4n) is 1.70. The van der Waals surface area contributed by atoms with E-state index in [9.17, 15) is 0 Å². The molecular formula is C12H15NO. The van der Waals surface area contributed by atoms with Crippen LogP contribution in [0.4, 0.5) is 0 Å². The Balaban J connectivity index is 2.31. The first-order valence-electron chi connectivity index (χ1n) is 4.87. The molecular weight excluding hydrogens is 174 g/mol. The van der Waals surface area contributed by atoms with E-state index < -0.39 is 0 Å². The maximum absolute atomic E-state index is 5.06. The molecule has 0 saturated heterocycles. The summed E-state index contributed by atoms with van der Waals surface area (Å²) < 4.78 is 5.06. The van der Waals surface area contributed by atoms with Crippen molar-refractivity contribution in [2.75, 3.05) is 13.7 Å². The first-order chi connectivity index (χ1) is 6.79. The molecule has 1 heterocycles. The van der Waals surface area contributed by atoms with E-state index in [0.717, 1.165) is 13.0 Å². The van der Waals surface area contributed by atoms with Crippen molar-refractivity contribution >= 4 is 10.9 Å². The van der Waals surface area contributed by atoms with Crippen molar-refractivity contribution in [3.05, 3.63) is 35.5 Å². The molecule has 0 atom stereocenters. The number of aromatic nitrogens is 1. The Labute approximate surface area is 83.9 Å². The molecule has 0 aliphatic heterocycles. The third-order valence-electron chi connectivity index (χ3n) is 2.41. The van der Waals surface area contributed by atoms with Gasteiger partial charge in [0.25, 0.3) is 0 Å². The van der Waals surface area contributed by atoms with Crippen molar-refractivity contribution in [1.29, 1.82) is 0 Å². The molecule has 1 aromatic heterocycles. The van der Waals surface area contributed by atoms with Crippen molar-refractivity contribution in [3.63, 3.8) is 0 Å². The fraction of sp³-hybridized carbons (Fsp3) is 0.333. The Morgan fingerprint density at radius 2 is 2.14 bits per heavy atom. The molecule has 0 unspecified atom stereocenters. The first kappa shape index (κ1) is 9.28. The number of aryl methyl sites for hydroxylation is 1. The molecule has 2 rings (SSSR count). The van der Waals surface area contributed by atoms with Crippen LogP contribution in [0.2, 0.25) is 0 Å². The summed E-state index contributed by atoms with van der Waals surface area (Å²) in [6.07, 6.45) is 0.983. The second-order valence-corrected chi connectivity index (χ2v) is 3.62. The molecule has 0 fully saturated rings. The van der Waals surface area contributed by atoms with Crippen molar-refractivity contribution in [1.82, 2.24) is 4.98 Å². The quantitative estimate of drug-likeness (QED) is 0.789. The van der Waals surface area contributed by atoms with Crippen LogP contribution in [0.1, 0.15) is 11.3 Å². The van der Waals surface area contributed by atoms with E-state index in [1.807, 2.05) is 0 Å². The molecule has 2 nitrogen and oxygen atoms in total. The van der Waals surface area contributed by atoms with Gasteiger partial charge in [0.05, 0.1) is 6.61 Å². The van der Waals surface area contributed by atoms with Crippen LogP contribution in [-0.2, 0) is 11.2 Å². The van der Waals surface area contributed by atoms with E-state index in [4.69, 9.17) is 4.74 Å². The van der Waals surface area contributed by atoms with Gasteiger partial charge in [-0.2, -0.15) is 0 Å². The van der Waals surface area contributed by atoms with Crippen LogP contribution in [0.3, 0.4) is 0 Å². The van der Waals surface area contributed by atoms with E-state index in [-0.39, 0.29) is 0 Å². The Hall–Kier alpha value is -1.28. The number of ether oxygens (including phenoxy) is 1. The average molecular weight is 189 g/mol. The fourth-order valence-corrected chi connectivity index (χ4v) is 1.70. The number of H-pyrrole nitrogens is 1. The molecule has 14 heavy (non-hydrogen) atoms. The highest BCUT2D eigenvalue weighted by Gasteiger charge is 1.98. The number of nitrogens with one attached hydrogen (secondary N) is 1. The van der Waals surface area contributed by atoms with E-state index in [0.29, 0.717) is 0 Å². The lowest BCUT2D eigenvalue weighted by molar-refractivity contribution is 0.202. The van der Waals surface area contributed by atoms with Crippen LogP contribution in [0.15, 0.2) is 24.3 Å². The molecule has 2 heteroatoms. The lowest BCUT2D eigenvalue weighted by atomic mass is 10.1. The summed E-state index contributed by atoms with van der Waals surface area (Å²) in [5.74, 6) is 0. The van der Waals surface area contributed by atoms with Crippen LogP contribution in [0.5, 0.6) is 0 Å². The van der Waals surface area contributed by atoms with Gasteiger partial charge < -0.3 is 9.72 Å². The van der Waals surface area contributed by atoms with Crippen LogP contribution >= 0.6 is 0 Å². The minimum Gasteiger partial charge on any atom is -0.384 e. The second kappa shape index (κ2) is 3.84. The zero-order valence-corrected chi connectivity index (χ0v) is 8.63.